The van der Waals surface area contributed by atoms with E-state index in [2.05, 4.69) is 16.6 Å². The quantitative estimate of drug-likeness (QED) is 0.562. The molecule has 84 valence electrons. The van der Waals surface area contributed by atoms with Crippen LogP contribution in [0.3, 0.4) is 0 Å². The second-order valence-electron chi connectivity index (χ2n) is 3.45. The molecule has 2 N–H and O–H groups in total. The van der Waals surface area contributed by atoms with Crippen LogP contribution in [0.4, 0.5) is 0 Å². The fourth-order valence-corrected chi connectivity index (χ4v) is 0.931. The SMILES string of the molecule is C#CCNC(=O)[C@H](C)NC(=O)CN(C)C. The molecule has 1 atom stereocenters. The number of carbonyl (C=O) groups excluding carboxylic acids is 2. The molecule has 0 heterocycles. The first kappa shape index (κ1) is 13.5. The Morgan fingerprint density at radius 3 is 2.53 bits per heavy atom. The Morgan fingerprint density at radius 2 is 2.07 bits per heavy atom. The van der Waals surface area contributed by atoms with Crippen LogP contribution in [0.1, 0.15) is 6.92 Å². The van der Waals surface area contributed by atoms with E-state index in [0.29, 0.717) is 0 Å². The summed E-state index contributed by atoms with van der Waals surface area (Å²) in [6.07, 6.45) is 4.99. The third-order valence-electron chi connectivity index (χ3n) is 1.60. The van der Waals surface area contributed by atoms with Crippen molar-refractivity contribution in [3.63, 3.8) is 0 Å². The second kappa shape index (κ2) is 6.85. The Bertz CT molecular complexity index is 268. The molecule has 0 radical (unpaired) electrons. The van der Waals surface area contributed by atoms with Gasteiger partial charge in [-0.1, -0.05) is 5.92 Å². The smallest absolute Gasteiger partial charge is 0.243 e. The zero-order valence-electron chi connectivity index (χ0n) is 9.33. The highest BCUT2D eigenvalue weighted by Gasteiger charge is 2.14. The van der Waals surface area contributed by atoms with Gasteiger partial charge in [-0.05, 0) is 21.0 Å². The molecule has 5 heteroatoms. The van der Waals surface area contributed by atoms with Crippen molar-refractivity contribution in [3.8, 4) is 12.3 Å². The Labute approximate surface area is 90.2 Å². The summed E-state index contributed by atoms with van der Waals surface area (Å²) < 4.78 is 0. The van der Waals surface area contributed by atoms with Crippen LogP contribution < -0.4 is 10.6 Å². The maximum absolute atomic E-state index is 11.3. The third-order valence-corrected chi connectivity index (χ3v) is 1.60. The number of nitrogens with one attached hydrogen (secondary N) is 2. The highest BCUT2D eigenvalue weighted by Crippen LogP contribution is 1.83. The van der Waals surface area contributed by atoms with Crippen molar-refractivity contribution >= 4 is 11.8 Å². The van der Waals surface area contributed by atoms with E-state index in [4.69, 9.17) is 6.42 Å². The lowest BCUT2D eigenvalue weighted by Gasteiger charge is -2.15. The standard InChI is InChI=1S/C10H17N3O2/c1-5-6-11-10(15)8(2)12-9(14)7-13(3)4/h1,8H,6-7H2,2-4H3,(H,11,15)(H,12,14)/t8-/m0/s1. The van der Waals surface area contributed by atoms with Gasteiger partial charge in [0.1, 0.15) is 6.04 Å². The number of carbonyl (C=O) groups is 2. The molecular weight excluding hydrogens is 194 g/mol. The topological polar surface area (TPSA) is 61.4 Å². The van der Waals surface area contributed by atoms with Gasteiger partial charge in [0.2, 0.25) is 11.8 Å². The summed E-state index contributed by atoms with van der Waals surface area (Å²) in [6.45, 7) is 2.04. The number of terminal acetylenes is 1. The minimum absolute atomic E-state index is 0.173. The number of hydrogen-bond donors (Lipinski definition) is 2. The van der Waals surface area contributed by atoms with Gasteiger partial charge in [0.05, 0.1) is 13.1 Å². The molecule has 0 spiro atoms. The molecule has 0 unspecified atom stereocenters. The van der Waals surface area contributed by atoms with Crippen LogP contribution in [0.2, 0.25) is 0 Å². The van der Waals surface area contributed by atoms with Crippen LogP contribution in [-0.4, -0.2) is 49.9 Å². The molecular formula is C10H17N3O2. The minimum atomic E-state index is -0.564. The summed E-state index contributed by atoms with van der Waals surface area (Å²) >= 11 is 0. The number of hydrogen-bond acceptors (Lipinski definition) is 3. The normalized spacial score (nSPS) is 11.7. The van der Waals surface area contributed by atoms with Crippen LogP contribution in [0, 0.1) is 12.3 Å². The van der Waals surface area contributed by atoms with Gasteiger partial charge in [-0.25, -0.2) is 0 Å². The van der Waals surface area contributed by atoms with Gasteiger partial charge in [-0.15, -0.1) is 6.42 Å². The monoisotopic (exact) mass is 211 g/mol. The lowest BCUT2D eigenvalue weighted by molar-refractivity contribution is -0.128. The van der Waals surface area contributed by atoms with Gasteiger partial charge >= 0.3 is 0 Å². The van der Waals surface area contributed by atoms with E-state index in [-0.39, 0.29) is 24.9 Å². The van der Waals surface area contributed by atoms with Crippen molar-refractivity contribution in [2.75, 3.05) is 27.2 Å². The van der Waals surface area contributed by atoms with Crippen molar-refractivity contribution in [1.29, 1.82) is 0 Å². The third kappa shape index (κ3) is 6.52. The summed E-state index contributed by atoms with van der Waals surface area (Å²) in [5.41, 5.74) is 0. The van der Waals surface area contributed by atoms with E-state index in [1.807, 2.05) is 0 Å². The van der Waals surface area contributed by atoms with Gasteiger partial charge < -0.3 is 15.5 Å². The molecule has 5 nitrogen and oxygen atoms in total. The van der Waals surface area contributed by atoms with E-state index >= 15 is 0 Å². The van der Waals surface area contributed by atoms with Gasteiger partial charge in [-0.3, -0.25) is 9.59 Å². The lowest BCUT2D eigenvalue weighted by Crippen LogP contribution is -2.47. The molecule has 0 fully saturated rings. The fourth-order valence-electron chi connectivity index (χ4n) is 0.931. The summed E-state index contributed by atoms with van der Waals surface area (Å²) in [7, 11) is 3.56. The van der Waals surface area contributed by atoms with Gasteiger partial charge in [0.25, 0.3) is 0 Å². The van der Waals surface area contributed by atoms with Crippen LogP contribution in [0.15, 0.2) is 0 Å². The Morgan fingerprint density at radius 1 is 1.47 bits per heavy atom. The lowest BCUT2D eigenvalue weighted by atomic mass is 10.3. The van der Waals surface area contributed by atoms with E-state index < -0.39 is 6.04 Å². The maximum atomic E-state index is 11.3. The van der Waals surface area contributed by atoms with Crippen molar-refractivity contribution in [2.45, 2.75) is 13.0 Å². The van der Waals surface area contributed by atoms with Gasteiger partial charge in [0.15, 0.2) is 0 Å². The second-order valence-corrected chi connectivity index (χ2v) is 3.45. The zero-order valence-corrected chi connectivity index (χ0v) is 9.33. The predicted octanol–water partition coefficient (Wildman–Crippen LogP) is -1.20. The summed E-state index contributed by atoms with van der Waals surface area (Å²) in [4.78, 5) is 24.3. The van der Waals surface area contributed by atoms with Crippen molar-refractivity contribution in [2.24, 2.45) is 0 Å². The fraction of sp³-hybridized carbons (Fsp3) is 0.600. The molecule has 0 saturated heterocycles. The van der Waals surface area contributed by atoms with E-state index in [9.17, 15) is 9.59 Å². The van der Waals surface area contributed by atoms with Crippen molar-refractivity contribution in [3.05, 3.63) is 0 Å². The largest absolute Gasteiger partial charge is 0.343 e. The molecule has 0 bridgehead atoms. The molecule has 0 aliphatic rings. The predicted molar refractivity (Wildman–Crippen MR) is 58.0 cm³/mol. The van der Waals surface area contributed by atoms with E-state index in [1.165, 1.54) is 0 Å². The highest BCUT2D eigenvalue weighted by molar-refractivity contribution is 5.88. The Kier molecular flexibility index (Phi) is 6.14. The number of rotatable bonds is 5. The summed E-state index contributed by atoms with van der Waals surface area (Å²) in [6, 6.07) is -0.564. The van der Waals surface area contributed by atoms with Crippen LogP contribution >= 0.6 is 0 Å². The first-order valence-corrected chi connectivity index (χ1v) is 4.62. The molecule has 2 amide bonds. The Balaban J connectivity index is 3.91. The number of nitrogens with zero attached hydrogens (tertiary/aromatic N) is 1. The molecule has 0 aliphatic carbocycles. The molecule has 0 rings (SSSR count). The molecule has 0 aromatic carbocycles. The average Bonchev–Trinajstić information content (AvgIpc) is 2.12. The van der Waals surface area contributed by atoms with Crippen molar-refractivity contribution < 1.29 is 9.59 Å². The summed E-state index contributed by atoms with van der Waals surface area (Å²) in [5.74, 6) is 1.82. The van der Waals surface area contributed by atoms with Gasteiger partial charge in [-0.2, -0.15) is 0 Å². The Hall–Kier alpha value is -1.54. The summed E-state index contributed by atoms with van der Waals surface area (Å²) in [5, 5.41) is 5.05. The van der Waals surface area contributed by atoms with Crippen LogP contribution in [0.5, 0.6) is 0 Å². The molecule has 0 aromatic rings. The van der Waals surface area contributed by atoms with Crippen LogP contribution in [0.25, 0.3) is 0 Å². The number of likely N-dealkylation sites (N-methyl/N-ethyl adjacent to an activating group) is 1. The van der Waals surface area contributed by atoms with Gasteiger partial charge in [0, 0.05) is 0 Å². The van der Waals surface area contributed by atoms with E-state index in [0.717, 1.165) is 0 Å². The van der Waals surface area contributed by atoms with Crippen molar-refractivity contribution in [1.82, 2.24) is 15.5 Å². The molecule has 0 saturated carbocycles. The first-order chi connectivity index (χ1) is 6.97. The minimum Gasteiger partial charge on any atom is -0.343 e. The zero-order chi connectivity index (χ0) is 11.8. The maximum Gasteiger partial charge on any atom is 0.243 e. The first-order valence-electron chi connectivity index (χ1n) is 4.62. The average molecular weight is 211 g/mol. The van der Waals surface area contributed by atoms with Crippen LogP contribution in [-0.2, 0) is 9.59 Å². The molecule has 0 aliphatic heterocycles. The highest BCUT2D eigenvalue weighted by atomic mass is 16.2. The molecule has 15 heavy (non-hydrogen) atoms. The van der Waals surface area contributed by atoms with E-state index in [1.54, 1.807) is 25.9 Å². The molecule has 0 aromatic heterocycles. The number of amides is 2.